The fraction of sp³-hybridized carbons (Fsp3) is 0.444. The van der Waals surface area contributed by atoms with Crippen LogP contribution in [0.25, 0.3) is 11.1 Å². The Labute approximate surface area is 145 Å². The van der Waals surface area contributed by atoms with E-state index in [1.807, 2.05) is 13.8 Å². The molecule has 4 rings (SSSR count). The van der Waals surface area contributed by atoms with Crippen LogP contribution in [-0.2, 0) is 19.4 Å². The molecular weight excluding hydrogens is 318 g/mol. The number of aromatic amines is 1. The van der Waals surface area contributed by atoms with Crippen molar-refractivity contribution in [2.75, 3.05) is 0 Å². The summed E-state index contributed by atoms with van der Waals surface area (Å²) in [6, 6.07) is 1.77. The predicted molar refractivity (Wildman–Crippen MR) is 92.3 cm³/mol. The molecule has 3 aromatic heterocycles. The van der Waals surface area contributed by atoms with Gasteiger partial charge in [0, 0.05) is 11.4 Å². The van der Waals surface area contributed by atoms with E-state index >= 15 is 0 Å². The van der Waals surface area contributed by atoms with E-state index in [-0.39, 0.29) is 5.91 Å². The minimum absolute atomic E-state index is 0.160. The number of fused-ring (bicyclic) bond motifs is 2. The molecule has 25 heavy (non-hydrogen) atoms. The number of nitrogens with one attached hydrogen (secondary N) is 2. The van der Waals surface area contributed by atoms with Crippen LogP contribution in [-0.4, -0.2) is 26.2 Å². The Morgan fingerprint density at radius 2 is 2.12 bits per heavy atom. The van der Waals surface area contributed by atoms with E-state index < -0.39 is 0 Å². The Balaban J connectivity index is 1.57. The van der Waals surface area contributed by atoms with Gasteiger partial charge in [0.15, 0.2) is 0 Å². The number of aryl methyl sites for hydroxylation is 3. The van der Waals surface area contributed by atoms with Gasteiger partial charge in [0.2, 0.25) is 0 Å². The van der Waals surface area contributed by atoms with E-state index in [9.17, 15) is 4.79 Å². The van der Waals surface area contributed by atoms with Crippen molar-refractivity contribution in [3.8, 4) is 0 Å². The number of aromatic nitrogens is 4. The lowest BCUT2D eigenvalue weighted by molar-refractivity contribution is 0.0951. The van der Waals surface area contributed by atoms with Crippen LogP contribution in [0.1, 0.15) is 58.0 Å². The molecule has 0 aromatic carbocycles. The zero-order chi connectivity index (χ0) is 17.4. The van der Waals surface area contributed by atoms with E-state index in [1.165, 1.54) is 30.5 Å². The molecule has 1 aliphatic rings. The average molecular weight is 339 g/mol. The summed E-state index contributed by atoms with van der Waals surface area (Å²) in [7, 11) is 0. The Bertz CT molecular complexity index is 940. The largest absolute Gasteiger partial charge is 0.346 e. The average Bonchev–Trinajstić information content (AvgIpc) is 3.07. The summed E-state index contributed by atoms with van der Waals surface area (Å²) in [6.45, 7) is 4.06. The van der Waals surface area contributed by atoms with Gasteiger partial charge < -0.3 is 9.84 Å². The van der Waals surface area contributed by atoms with Gasteiger partial charge in [-0.1, -0.05) is 11.6 Å². The maximum atomic E-state index is 12.7. The molecule has 0 saturated heterocycles. The van der Waals surface area contributed by atoms with E-state index in [0.29, 0.717) is 28.9 Å². The second-order valence-corrected chi connectivity index (χ2v) is 6.63. The predicted octanol–water partition coefficient (Wildman–Crippen LogP) is 2.76. The molecular formula is C18H21N5O2. The van der Waals surface area contributed by atoms with Crippen molar-refractivity contribution in [1.82, 2.24) is 25.7 Å². The van der Waals surface area contributed by atoms with Gasteiger partial charge in [-0.2, -0.15) is 5.10 Å². The van der Waals surface area contributed by atoms with E-state index in [1.54, 1.807) is 6.07 Å². The standard InChI is InChI=1S/C18H21N5O2/c1-10-8-13(16-11(2)23-25-18(16)20-10)17(24)19-9-15-12-6-4-3-5-7-14(12)21-22-15/h8H,3-7,9H2,1-2H3,(H,19,24)(H,21,22). The lowest BCUT2D eigenvalue weighted by Crippen LogP contribution is -2.24. The summed E-state index contributed by atoms with van der Waals surface area (Å²) in [5.41, 5.74) is 5.77. The van der Waals surface area contributed by atoms with Gasteiger partial charge in [0.1, 0.15) is 0 Å². The summed E-state index contributed by atoms with van der Waals surface area (Å²) in [6.07, 6.45) is 5.69. The van der Waals surface area contributed by atoms with Gasteiger partial charge in [0.25, 0.3) is 11.6 Å². The minimum Gasteiger partial charge on any atom is -0.346 e. The Morgan fingerprint density at radius 1 is 1.28 bits per heavy atom. The van der Waals surface area contributed by atoms with Gasteiger partial charge in [-0.25, -0.2) is 4.98 Å². The molecule has 3 aromatic rings. The van der Waals surface area contributed by atoms with Crippen LogP contribution in [0.4, 0.5) is 0 Å². The van der Waals surface area contributed by atoms with E-state index in [2.05, 4.69) is 25.7 Å². The molecule has 0 bridgehead atoms. The number of carbonyl (C=O) groups excluding carboxylic acids is 1. The molecule has 0 unspecified atom stereocenters. The molecule has 0 fully saturated rings. The second-order valence-electron chi connectivity index (χ2n) is 6.63. The van der Waals surface area contributed by atoms with Gasteiger partial charge in [-0.05, 0) is 51.2 Å². The smallest absolute Gasteiger partial charge is 0.258 e. The van der Waals surface area contributed by atoms with Crippen molar-refractivity contribution < 1.29 is 9.32 Å². The molecule has 1 aliphatic carbocycles. The number of hydrogen-bond donors (Lipinski definition) is 2. The van der Waals surface area contributed by atoms with Crippen molar-refractivity contribution in [2.45, 2.75) is 52.5 Å². The summed E-state index contributed by atoms with van der Waals surface area (Å²) >= 11 is 0. The number of nitrogens with zero attached hydrogens (tertiary/aromatic N) is 3. The molecule has 1 amide bonds. The molecule has 0 spiro atoms. The van der Waals surface area contributed by atoms with Crippen LogP contribution in [0.5, 0.6) is 0 Å². The molecule has 130 valence electrons. The van der Waals surface area contributed by atoms with Crippen LogP contribution in [0, 0.1) is 13.8 Å². The number of hydrogen-bond acceptors (Lipinski definition) is 5. The fourth-order valence-corrected chi connectivity index (χ4v) is 3.53. The fourth-order valence-electron chi connectivity index (χ4n) is 3.53. The minimum atomic E-state index is -0.160. The van der Waals surface area contributed by atoms with Crippen molar-refractivity contribution in [3.05, 3.63) is 40.0 Å². The monoisotopic (exact) mass is 339 g/mol. The van der Waals surface area contributed by atoms with Crippen LogP contribution in [0.2, 0.25) is 0 Å². The molecule has 0 saturated carbocycles. The summed E-state index contributed by atoms with van der Waals surface area (Å²) < 4.78 is 5.20. The first kappa shape index (κ1) is 15.8. The quantitative estimate of drug-likeness (QED) is 0.715. The Kier molecular flexibility index (Phi) is 3.99. The highest BCUT2D eigenvalue weighted by atomic mass is 16.5. The lowest BCUT2D eigenvalue weighted by atomic mass is 10.1. The maximum absolute atomic E-state index is 12.7. The lowest BCUT2D eigenvalue weighted by Gasteiger charge is -2.07. The van der Waals surface area contributed by atoms with Gasteiger partial charge >= 0.3 is 0 Å². The van der Waals surface area contributed by atoms with E-state index in [4.69, 9.17) is 4.52 Å². The normalized spacial score (nSPS) is 14.3. The SMILES string of the molecule is Cc1cc(C(=O)NCc2n[nH]c3c2CCCCC3)c2c(C)noc2n1. The summed E-state index contributed by atoms with van der Waals surface area (Å²) in [5, 5.41) is 15.1. The third-order valence-electron chi connectivity index (χ3n) is 4.80. The van der Waals surface area contributed by atoms with Crippen molar-refractivity contribution >= 4 is 17.0 Å². The highest BCUT2D eigenvalue weighted by Crippen LogP contribution is 2.23. The van der Waals surface area contributed by atoms with Gasteiger partial charge in [-0.15, -0.1) is 0 Å². The number of H-pyrrole nitrogens is 1. The molecule has 0 atom stereocenters. The van der Waals surface area contributed by atoms with Crippen molar-refractivity contribution in [1.29, 1.82) is 0 Å². The Morgan fingerprint density at radius 3 is 3.00 bits per heavy atom. The zero-order valence-corrected chi connectivity index (χ0v) is 14.5. The molecule has 2 N–H and O–H groups in total. The highest BCUT2D eigenvalue weighted by Gasteiger charge is 2.20. The first-order chi connectivity index (χ1) is 12.1. The molecule has 0 radical (unpaired) electrons. The topological polar surface area (TPSA) is 96.7 Å². The molecule has 7 heteroatoms. The highest BCUT2D eigenvalue weighted by molar-refractivity contribution is 6.05. The first-order valence-electron chi connectivity index (χ1n) is 8.70. The van der Waals surface area contributed by atoms with Crippen LogP contribution in [0.15, 0.2) is 10.6 Å². The maximum Gasteiger partial charge on any atom is 0.258 e. The van der Waals surface area contributed by atoms with Gasteiger partial charge in [-0.3, -0.25) is 9.89 Å². The number of pyridine rings is 1. The molecule has 3 heterocycles. The number of amides is 1. The first-order valence-corrected chi connectivity index (χ1v) is 8.70. The second kappa shape index (κ2) is 6.31. The summed E-state index contributed by atoms with van der Waals surface area (Å²) in [5.74, 6) is -0.160. The van der Waals surface area contributed by atoms with E-state index in [0.717, 1.165) is 24.2 Å². The van der Waals surface area contributed by atoms with Crippen molar-refractivity contribution in [2.24, 2.45) is 0 Å². The van der Waals surface area contributed by atoms with Crippen LogP contribution in [0.3, 0.4) is 0 Å². The molecule has 0 aliphatic heterocycles. The summed E-state index contributed by atoms with van der Waals surface area (Å²) in [4.78, 5) is 17.0. The number of rotatable bonds is 3. The zero-order valence-electron chi connectivity index (χ0n) is 14.5. The van der Waals surface area contributed by atoms with Crippen molar-refractivity contribution in [3.63, 3.8) is 0 Å². The number of carbonyl (C=O) groups is 1. The van der Waals surface area contributed by atoms with Crippen LogP contribution >= 0.6 is 0 Å². The van der Waals surface area contributed by atoms with Crippen LogP contribution < -0.4 is 5.32 Å². The van der Waals surface area contributed by atoms with Gasteiger partial charge in [0.05, 0.1) is 28.9 Å². The third kappa shape index (κ3) is 2.90. The third-order valence-corrected chi connectivity index (χ3v) is 4.80. The Hall–Kier alpha value is -2.70. The molecule has 7 nitrogen and oxygen atoms in total.